The summed E-state index contributed by atoms with van der Waals surface area (Å²) >= 11 is 0. The van der Waals surface area contributed by atoms with Crippen molar-refractivity contribution in [2.45, 2.75) is 13.8 Å². The van der Waals surface area contributed by atoms with Crippen molar-refractivity contribution >= 4 is 5.97 Å². The van der Waals surface area contributed by atoms with Crippen LogP contribution in [0.2, 0.25) is 0 Å². The molecular weight excluding hydrogens is 280 g/mol. The van der Waals surface area contributed by atoms with Gasteiger partial charge in [-0.1, -0.05) is 29.8 Å². The number of benzene rings is 1. The first-order valence-electron chi connectivity index (χ1n) is 6.75. The normalized spacial score (nSPS) is 10.6. The molecule has 1 N–H and O–H groups in total. The molecule has 0 fully saturated rings. The van der Waals surface area contributed by atoms with E-state index in [9.17, 15) is 4.79 Å². The second-order valence-corrected chi connectivity index (χ2v) is 5.01. The topological polar surface area (TPSA) is 80.9 Å². The summed E-state index contributed by atoms with van der Waals surface area (Å²) in [6.07, 6.45) is 1.57. The predicted molar refractivity (Wildman–Crippen MR) is 81.0 cm³/mol. The number of aromatic carboxylic acids is 1. The molecule has 6 heteroatoms. The van der Waals surface area contributed by atoms with Crippen molar-refractivity contribution in [3.8, 4) is 17.2 Å². The molecule has 0 aliphatic heterocycles. The minimum absolute atomic E-state index is 0.0202. The maximum Gasteiger partial charge on any atom is 0.356 e. The van der Waals surface area contributed by atoms with Crippen molar-refractivity contribution in [3.63, 3.8) is 0 Å². The molecule has 2 aromatic heterocycles. The summed E-state index contributed by atoms with van der Waals surface area (Å²) in [6.45, 7) is 3.88. The van der Waals surface area contributed by atoms with E-state index in [1.165, 1.54) is 10.7 Å². The van der Waals surface area contributed by atoms with E-state index >= 15 is 0 Å². The molecular formula is C16H14N4O2. The highest BCUT2D eigenvalue weighted by atomic mass is 16.4. The Bertz CT molecular complexity index is 838. The predicted octanol–water partition coefficient (Wildman–Crippen LogP) is 2.64. The molecule has 3 aromatic rings. The van der Waals surface area contributed by atoms with Crippen LogP contribution in [0.15, 0.2) is 42.6 Å². The molecule has 2 heterocycles. The molecule has 22 heavy (non-hydrogen) atoms. The fourth-order valence-electron chi connectivity index (χ4n) is 2.07. The molecule has 0 aliphatic rings. The third kappa shape index (κ3) is 2.71. The number of nitrogens with zero attached hydrogens (tertiary/aromatic N) is 4. The number of carboxylic acid groups (broad SMARTS) is 1. The molecule has 0 saturated carbocycles. The number of hydrogen-bond donors (Lipinski definition) is 1. The van der Waals surface area contributed by atoms with Crippen LogP contribution in [0.25, 0.3) is 17.2 Å². The Morgan fingerprint density at radius 3 is 2.45 bits per heavy atom. The fourth-order valence-corrected chi connectivity index (χ4v) is 2.07. The van der Waals surface area contributed by atoms with Gasteiger partial charge < -0.3 is 5.11 Å². The highest BCUT2D eigenvalue weighted by Gasteiger charge is 2.11. The van der Waals surface area contributed by atoms with E-state index in [1.807, 2.05) is 38.1 Å². The smallest absolute Gasteiger partial charge is 0.356 e. The van der Waals surface area contributed by atoms with Crippen LogP contribution in [0.5, 0.6) is 0 Å². The Balaban J connectivity index is 2.05. The first-order chi connectivity index (χ1) is 10.5. The zero-order valence-corrected chi connectivity index (χ0v) is 12.2. The van der Waals surface area contributed by atoms with E-state index in [2.05, 4.69) is 15.1 Å². The Hall–Kier alpha value is -3.02. The standard InChI is InChI=1S/C16H14N4O2/c1-10-3-5-12(6-4-10)15-17-11(2)9-14(18-15)20-8-7-13(19-20)16(21)22/h3-9H,1-2H3,(H,21,22). The summed E-state index contributed by atoms with van der Waals surface area (Å²) < 4.78 is 1.44. The third-order valence-corrected chi connectivity index (χ3v) is 3.19. The molecule has 3 rings (SSSR count). The molecule has 0 bridgehead atoms. The minimum Gasteiger partial charge on any atom is -0.476 e. The van der Waals surface area contributed by atoms with Crippen LogP contribution in [-0.2, 0) is 0 Å². The molecule has 0 atom stereocenters. The number of carbonyl (C=O) groups is 1. The first-order valence-corrected chi connectivity index (χ1v) is 6.75. The quantitative estimate of drug-likeness (QED) is 0.803. The van der Waals surface area contributed by atoms with Gasteiger partial charge >= 0.3 is 5.97 Å². The van der Waals surface area contributed by atoms with Crippen molar-refractivity contribution < 1.29 is 9.90 Å². The largest absolute Gasteiger partial charge is 0.476 e. The summed E-state index contributed by atoms with van der Waals surface area (Å²) in [6, 6.07) is 11.1. The van der Waals surface area contributed by atoms with Crippen molar-refractivity contribution in [1.82, 2.24) is 19.7 Å². The number of aromatic nitrogens is 4. The van der Waals surface area contributed by atoms with Gasteiger partial charge in [-0.3, -0.25) is 0 Å². The van der Waals surface area contributed by atoms with E-state index in [1.54, 1.807) is 12.3 Å². The van der Waals surface area contributed by atoms with Crippen LogP contribution in [0.4, 0.5) is 0 Å². The lowest BCUT2D eigenvalue weighted by Gasteiger charge is -2.06. The van der Waals surface area contributed by atoms with E-state index in [0.29, 0.717) is 11.6 Å². The molecule has 0 aliphatic carbocycles. The van der Waals surface area contributed by atoms with Crippen molar-refractivity contribution in [1.29, 1.82) is 0 Å². The van der Waals surface area contributed by atoms with Gasteiger partial charge in [0.05, 0.1) is 0 Å². The van der Waals surface area contributed by atoms with Crippen molar-refractivity contribution in [3.05, 3.63) is 59.5 Å². The molecule has 0 unspecified atom stereocenters. The SMILES string of the molecule is Cc1ccc(-c2nc(C)cc(-n3ccc(C(=O)O)n3)n2)cc1. The van der Waals surface area contributed by atoms with Gasteiger partial charge in [-0.05, 0) is 19.9 Å². The van der Waals surface area contributed by atoms with Gasteiger partial charge in [-0.15, -0.1) is 0 Å². The number of aryl methyl sites for hydroxylation is 2. The number of rotatable bonds is 3. The lowest BCUT2D eigenvalue weighted by Crippen LogP contribution is -2.05. The average Bonchev–Trinajstić information content (AvgIpc) is 2.97. The second kappa shape index (κ2) is 5.40. The Kier molecular flexibility index (Phi) is 3.42. The lowest BCUT2D eigenvalue weighted by molar-refractivity contribution is 0.0690. The van der Waals surface area contributed by atoms with Crippen LogP contribution < -0.4 is 0 Å². The molecule has 0 radical (unpaired) electrons. The summed E-state index contributed by atoms with van der Waals surface area (Å²) in [5.41, 5.74) is 2.83. The van der Waals surface area contributed by atoms with Crippen LogP contribution in [0.3, 0.4) is 0 Å². The van der Waals surface area contributed by atoms with Crippen molar-refractivity contribution in [2.75, 3.05) is 0 Å². The Morgan fingerprint density at radius 2 is 1.82 bits per heavy atom. The van der Waals surface area contributed by atoms with E-state index in [0.717, 1.165) is 16.8 Å². The summed E-state index contributed by atoms with van der Waals surface area (Å²) in [7, 11) is 0. The van der Waals surface area contributed by atoms with E-state index in [4.69, 9.17) is 5.11 Å². The zero-order chi connectivity index (χ0) is 15.7. The van der Waals surface area contributed by atoms with Gasteiger partial charge in [-0.2, -0.15) is 5.10 Å². The monoisotopic (exact) mass is 294 g/mol. The average molecular weight is 294 g/mol. The number of carboxylic acids is 1. The maximum atomic E-state index is 10.9. The van der Waals surface area contributed by atoms with Gasteiger partial charge in [0.2, 0.25) is 0 Å². The molecule has 0 amide bonds. The first kappa shape index (κ1) is 13.9. The number of hydrogen-bond acceptors (Lipinski definition) is 4. The van der Waals surface area contributed by atoms with Gasteiger partial charge in [-0.25, -0.2) is 19.4 Å². The summed E-state index contributed by atoms with van der Waals surface area (Å²) in [5.74, 6) is 0.0567. The maximum absolute atomic E-state index is 10.9. The summed E-state index contributed by atoms with van der Waals surface area (Å²) in [5, 5.41) is 12.9. The van der Waals surface area contributed by atoms with Crippen molar-refractivity contribution in [2.24, 2.45) is 0 Å². The van der Waals surface area contributed by atoms with Crippen LogP contribution in [0.1, 0.15) is 21.7 Å². The van der Waals surface area contributed by atoms with Crippen LogP contribution >= 0.6 is 0 Å². The van der Waals surface area contributed by atoms with Crippen LogP contribution in [-0.4, -0.2) is 30.8 Å². The van der Waals surface area contributed by atoms with Gasteiger partial charge in [0.15, 0.2) is 17.3 Å². The van der Waals surface area contributed by atoms with Crippen LogP contribution in [0, 0.1) is 13.8 Å². The van der Waals surface area contributed by atoms with Gasteiger partial charge in [0.25, 0.3) is 0 Å². The minimum atomic E-state index is -1.07. The molecule has 110 valence electrons. The Morgan fingerprint density at radius 1 is 1.09 bits per heavy atom. The lowest BCUT2D eigenvalue weighted by atomic mass is 10.1. The summed E-state index contributed by atoms with van der Waals surface area (Å²) in [4.78, 5) is 19.8. The molecule has 0 spiro atoms. The highest BCUT2D eigenvalue weighted by molar-refractivity contribution is 5.85. The third-order valence-electron chi connectivity index (χ3n) is 3.19. The molecule has 1 aromatic carbocycles. The van der Waals surface area contributed by atoms with E-state index in [-0.39, 0.29) is 5.69 Å². The Labute approximate surface area is 127 Å². The fraction of sp³-hybridized carbons (Fsp3) is 0.125. The van der Waals surface area contributed by atoms with Gasteiger partial charge in [0, 0.05) is 23.5 Å². The molecule has 6 nitrogen and oxygen atoms in total. The zero-order valence-electron chi connectivity index (χ0n) is 12.2. The van der Waals surface area contributed by atoms with E-state index < -0.39 is 5.97 Å². The highest BCUT2D eigenvalue weighted by Crippen LogP contribution is 2.18. The van der Waals surface area contributed by atoms with Gasteiger partial charge in [0.1, 0.15) is 0 Å². The molecule has 0 saturated heterocycles. The second-order valence-electron chi connectivity index (χ2n) is 5.01.